The number of hydrogen-bond donors (Lipinski definition) is 2. The second kappa shape index (κ2) is 8.39. The average molecular weight is 393 g/mol. The lowest BCUT2D eigenvalue weighted by Crippen LogP contribution is -2.38. The Labute approximate surface area is 165 Å². The minimum atomic E-state index is -0.766. The van der Waals surface area contributed by atoms with Crippen LogP contribution in [0.15, 0.2) is 64.3 Å². The zero-order valence-corrected chi connectivity index (χ0v) is 15.9. The van der Waals surface area contributed by atoms with Gasteiger partial charge in [-0.15, -0.1) is 0 Å². The van der Waals surface area contributed by atoms with Crippen molar-refractivity contribution in [1.82, 2.24) is 9.55 Å². The second-order valence-electron chi connectivity index (χ2n) is 6.17. The number of amides is 1. The van der Waals surface area contributed by atoms with Gasteiger partial charge in [0.15, 0.2) is 5.78 Å². The summed E-state index contributed by atoms with van der Waals surface area (Å²) in [4.78, 5) is 51.5. The summed E-state index contributed by atoms with van der Waals surface area (Å²) in [5, 5.41) is 2.57. The topological polar surface area (TPSA) is 110 Å². The molecule has 2 N–H and O–H groups in total. The first-order valence-electron chi connectivity index (χ1n) is 8.91. The Morgan fingerprint density at radius 3 is 2.48 bits per heavy atom. The van der Waals surface area contributed by atoms with E-state index < -0.39 is 17.2 Å². The van der Waals surface area contributed by atoms with Crippen molar-refractivity contribution in [2.75, 3.05) is 11.9 Å². The van der Waals surface area contributed by atoms with Gasteiger partial charge in [-0.05, 0) is 50.2 Å². The number of hydrogen-bond acceptors (Lipinski definition) is 5. The molecule has 0 aliphatic heterocycles. The monoisotopic (exact) mass is 393 g/mol. The van der Waals surface area contributed by atoms with E-state index in [9.17, 15) is 19.2 Å². The Balaban J connectivity index is 1.95. The first-order valence-corrected chi connectivity index (χ1v) is 8.91. The van der Waals surface area contributed by atoms with Crippen molar-refractivity contribution >= 4 is 17.4 Å². The number of anilines is 1. The lowest BCUT2D eigenvalue weighted by molar-refractivity contribution is 0.101. The molecule has 0 spiro atoms. The molecule has 0 bridgehead atoms. The fourth-order valence-corrected chi connectivity index (χ4v) is 2.74. The normalized spacial score (nSPS) is 10.4. The van der Waals surface area contributed by atoms with Gasteiger partial charge in [0.25, 0.3) is 11.5 Å². The van der Waals surface area contributed by atoms with Crippen LogP contribution in [-0.2, 0) is 0 Å². The van der Waals surface area contributed by atoms with Gasteiger partial charge in [0.2, 0.25) is 0 Å². The van der Waals surface area contributed by atoms with E-state index in [4.69, 9.17) is 4.74 Å². The van der Waals surface area contributed by atoms with Crippen LogP contribution in [0.4, 0.5) is 5.69 Å². The third-order valence-electron chi connectivity index (χ3n) is 4.15. The number of nitrogens with one attached hydrogen (secondary N) is 2. The van der Waals surface area contributed by atoms with E-state index in [0.29, 0.717) is 29.3 Å². The summed E-state index contributed by atoms with van der Waals surface area (Å²) in [5.74, 6) is -0.255. The summed E-state index contributed by atoms with van der Waals surface area (Å²) >= 11 is 0. The number of rotatable bonds is 6. The number of aromatic amines is 1. The summed E-state index contributed by atoms with van der Waals surface area (Å²) in [6.45, 7) is 3.75. The molecule has 1 amide bonds. The number of nitrogens with zero attached hydrogens (tertiary/aromatic N) is 1. The Kier molecular flexibility index (Phi) is 5.73. The number of Topliss-reactive ketones (excluding diaryl/α,β-unsaturated/α-hetero) is 1. The van der Waals surface area contributed by atoms with Crippen molar-refractivity contribution in [3.05, 3.63) is 86.7 Å². The predicted octanol–water partition coefficient (Wildman–Crippen LogP) is 2.38. The first kappa shape index (κ1) is 19.8. The molecule has 8 nitrogen and oxygen atoms in total. The van der Waals surface area contributed by atoms with Gasteiger partial charge >= 0.3 is 5.69 Å². The molecule has 8 heteroatoms. The first-order chi connectivity index (χ1) is 13.9. The zero-order chi connectivity index (χ0) is 21.0. The quantitative estimate of drug-likeness (QED) is 0.625. The summed E-state index contributed by atoms with van der Waals surface area (Å²) in [5.41, 5.74) is -0.593. The standard InChI is InChI=1S/C21H19N3O5/c1-3-29-17-9-7-16(8-10-17)24-20(27)18(12-22-21(24)28)19(26)23-15-6-4-5-14(11-15)13(2)25/h4-12H,3H2,1-2H3,(H,22,28)(H,23,26). The Morgan fingerprint density at radius 2 is 1.83 bits per heavy atom. The SMILES string of the molecule is CCOc1ccc(-n2c(=O)[nH]cc(C(=O)Nc3cccc(C(C)=O)c3)c2=O)cc1. The molecule has 3 aromatic rings. The number of ketones is 1. The lowest BCUT2D eigenvalue weighted by Gasteiger charge is -2.09. The molecule has 29 heavy (non-hydrogen) atoms. The lowest BCUT2D eigenvalue weighted by atomic mass is 10.1. The van der Waals surface area contributed by atoms with E-state index in [1.54, 1.807) is 42.5 Å². The summed E-state index contributed by atoms with van der Waals surface area (Å²) in [7, 11) is 0. The summed E-state index contributed by atoms with van der Waals surface area (Å²) in [6, 6.07) is 12.7. The molecule has 0 aliphatic rings. The van der Waals surface area contributed by atoms with Crippen molar-refractivity contribution in [3.8, 4) is 11.4 Å². The largest absolute Gasteiger partial charge is 0.494 e. The van der Waals surface area contributed by atoms with Crippen molar-refractivity contribution in [3.63, 3.8) is 0 Å². The van der Waals surface area contributed by atoms with Crippen LogP contribution >= 0.6 is 0 Å². The molecule has 0 unspecified atom stereocenters. The molecule has 0 saturated heterocycles. The fraction of sp³-hybridized carbons (Fsp3) is 0.143. The highest BCUT2D eigenvalue weighted by molar-refractivity contribution is 6.04. The Hall–Kier alpha value is -3.94. The summed E-state index contributed by atoms with van der Waals surface area (Å²) in [6.07, 6.45) is 1.07. The molecule has 2 aromatic carbocycles. The number of carbonyl (C=O) groups excluding carboxylic acids is 2. The molecule has 0 atom stereocenters. The Morgan fingerprint density at radius 1 is 1.10 bits per heavy atom. The van der Waals surface area contributed by atoms with Gasteiger partial charge in [-0.1, -0.05) is 12.1 Å². The number of ether oxygens (including phenoxy) is 1. The second-order valence-corrected chi connectivity index (χ2v) is 6.17. The van der Waals surface area contributed by atoms with Crippen molar-refractivity contribution in [2.45, 2.75) is 13.8 Å². The van der Waals surface area contributed by atoms with Crippen LogP contribution in [0.5, 0.6) is 5.75 Å². The Bertz CT molecular complexity index is 1180. The molecule has 1 aromatic heterocycles. The summed E-state index contributed by atoms with van der Waals surface area (Å²) < 4.78 is 6.22. The van der Waals surface area contributed by atoms with Gasteiger partial charge in [-0.2, -0.15) is 0 Å². The molecular weight excluding hydrogens is 374 g/mol. The van der Waals surface area contributed by atoms with E-state index in [0.717, 1.165) is 10.8 Å². The highest BCUT2D eigenvalue weighted by Gasteiger charge is 2.16. The van der Waals surface area contributed by atoms with Crippen LogP contribution in [0.2, 0.25) is 0 Å². The average Bonchev–Trinajstić information content (AvgIpc) is 2.69. The van der Waals surface area contributed by atoms with Gasteiger partial charge in [-0.3, -0.25) is 14.4 Å². The van der Waals surface area contributed by atoms with Crippen molar-refractivity contribution in [1.29, 1.82) is 0 Å². The molecule has 0 radical (unpaired) electrons. The highest BCUT2D eigenvalue weighted by atomic mass is 16.5. The van der Waals surface area contributed by atoms with Crippen LogP contribution in [0, 0.1) is 0 Å². The molecule has 0 aliphatic carbocycles. The fourth-order valence-electron chi connectivity index (χ4n) is 2.74. The number of H-pyrrole nitrogens is 1. The van der Waals surface area contributed by atoms with Crippen LogP contribution in [0.25, 0.3) is 5.69 Å². The maximum Gasteiger partial charge on any atom is 0.333 e. The number of benzene rings is 2. The highest BCUT2D eigenvalue weighted by Crippen LogP contribution is 2.14. The molecule has 3 rings (SSSR count). The maximum atomic E-state index is 12.8. The third-order valence-corrected chi connectivity index (χ3v) is 4.15. The molecule has 1 heterocycles. The van der Waals surface area contributed by atoms with Gasteiger partial charge in [-0.25, -0.2) is 9.36 Å². The van der Waals surface area contributed by atoms with Crippen LogP contribution in [-0.4, -0.2) is 27.8 Å². The van der Waals surface area contributed by atoms with Gasteiger partial charge in [0.05, 0.1) is 12.3 Å². The van der Waals surface area contributed by atoms with Gasteiger partial charge in [0, 0.05) is 17.4 Å². The van der Waals surface area contributed by atoms with E-state index in [1.807, 2.05) is 6.92 Å². The molecule has 0 fully saturated rings. The third kappa shape index (κ3) is 4.32. The minimum Gasteiger partial charge on any atom is -0.494 e. The van der Waals surface area contributed by atoms with E-state index in [2.05, 4.69) is 10.3 Å². The molecule has 148 valence electrons. The van der Waals surface area contributed by atoms with Crippen molar-refractivity contribution < 1.29 is 14.3 Å². The van der Waals surface area contributed by atoms with Gasteiger partial charge < -0.3 is 15.0 Å². The van der Waals surface area contributed by atoms with E-state index in [1.165, 1.54) is 13.0 Å². The molecule has 0 saturated carbocycles. The van der Waals surface area contributed by atoms with Crippen LogP contribution in [0.3, 0.4) is 0 Å². The number of carbonyl (C=O) groups is 2. The smallest absolute Gasteiger partial charge is 0.333 e. The maximum absolute atomic E-state index is 12.8. The predicted molar refractivity (Wildman–Crippen MR) is 108 cm³/mol. The van der Waals surface area contributed by atoms with Crippen LogP contribution in [0.1, 0.15) is 34.6 Å². The molecular formula is C21H19N3O5. The van der Waals surface area contributed by atoms with E-state index >= 15 is 0 Å². The van der Waals surface area contributed by atoms with Gasteiger partial charge in [0.1, 0.15) is 11.3 Å². The zero-order valence-electron chi connectivity index (χ0n) is 15.9. The number of aromatic nitrogens is 2. The van der Waals surface area contributed by atoms with Crippen LogP contribution < -0.4 is 21.3 Å². The minimum absolute atomic E-state index is 0.150. The van der Waals surface area contributed by atoms with E-state index in [-0.39, 0.29) is 11.3 Å². The van der Waals surface area contributed by atoms with Crippen molar-refractivity contribution in [2.24, 2.45) is 0 Å².